The van der Waals surface area contributed by atoms with Gasteiger partial charge in [0.1, 0.15) is 0 Å². The third-order valence-corrected chi connectivity index (χ3v) is 3.00. The maximum absolute atomic E-state index is 10.2. The fourth-order valence-electron chi connectivity index (χ4n) is 1.95. The molecule has 0 bridgehead atoms. The molecule has 0 aliphatic heterocycles. The minimum absolute atomic E-state index is 0.443. The first kappa shape index (κ1) is 14.1. The summed E-state index contributed by atoms with van der Waals surface area (Å²) < 4.78 is 10.6. The van der Waals surface area contributed by atoms with Crippen molar-refractivity contribution >= 4 is 11.6 Å². The summed E-state index contributed by atoms with van der Waals surface area (Å²) in [5.41, 5.74) is 0.720. The molecule has 0 radical (unpaired) electrons. The highest BCUT2D eigenvalue weighted by Crippen LogP contribution is 2.43. The van der Waals surface area contributed by atoms with Crippen LogP contribution in [0.15, 0.2) is 6.07 Å². The summed E-state index contributed by atoms with van der Waals surface area (Å²) in [6.45, 7) is 5.45. The lowest BCUT2D eigenvalue weighted by Crippen LogP contribution is -2.19. The van der Waals surface area contributed by atoms with Crippen molar-refractivity contribution in [2.45, 2.75) is 32.8 Å². The van der Waals surface area contributed by atoms with E-state index < -0.39 is 5.60 Å². The normalized spacial score (nSPS) is 11.5. The van der Waals surface area contributed by atoms with E-state index >= 15 is 0 Å². The monoisotopic (exact) mass is 258 g/mol. The van der Waals surface area contributed by atoms with E-state index in [1.165, 1.54) is 0 Å². The number of ether oxygens (including phenoxy) is 2. The molecule has 4 heteroatoms. The highest BCUT2D eigenvalue weighted by Gasteiger charge is 2.26. The summed E-state index contributed by atoms with van der Waals surface area (Å²) in [4.78, 5) is 0. The maximum atomic E-state index is 10.2. The second-order valence-electron chi connectivity index (χ2n) is 4.36. The topological polar surface area (TPSA) is 38.7 Å². The van der Waals surface area contributed by atoms with Gasteiger partial charge in [-0.1, -0.05) is 18.5 Å². The van der Waals surface area contributed by atoms with E-state index in [4.69, 9.17) is 21.1 Å². The molecule has 96 valence electrons. The first-order chi connectivity index (χ1) is 7.86. The van der Waals surface area contributed by atoms with Gasteiger partial charge in [0.25, 0.3) is 0 Å². The van der Waals surface area contributed by atoms with Gasteiger partial charge in [0.2, 0.25) is 0 Å². The molecule has 0 spiro atoms. The minimum Gasteiger partial charge on any atom is -0.493 e. The Morgan fingerprint density at radius 3 is 2.12 bits per heavy atom. The zero-order chi connectivity index (χ0) is 13.2. The van der Waals surface area contributed by atoms with E-state index in [9.17, 15) is 5.11 Å². The van der Waals surface area contributed by atoms with Gasteiger partial charge in [0, 0.05) is 5.56 Å². The molecule has 1 aromatic carbocycles. The molecular formula is C13H19ClO3. The van der Waals surface area contributed by atoms with Gasteiger partial charge in [-0.25, -0.2) is 0 Å². The molecule has 1 N–H and O–H groups in total. The predicted molar refractivity (Wildman–Crippen MR) is 69.2 cm³/mol. The Bertz CT molecular complexity index is 408. The molecule has 17 heavy (non-hydrogen) atoms. The van der Waals surface area contributed by atoms with Crippen LogP contribution >= 0.6 is 11.6 Å². The van der Waals surface area contributed by atoms with Crippen molar-refractivity contribution in [3.8, 4) is 11.5 Å². The molecular weight excluding hydrogens is 240 g/mol. The van der Waals surface area contributed by atoms with Gasteiger partial charge in [-0.2, -0.15) is 0 Å². The Morgan fingerprint density at radius 1 is 1.24 bits per heavy atom. The Morgan fingerprint density at radius 2 is 1.76 bits per heavy atom. The maximum Gasteiger partial charge on any atom is 0.179 e. The molecule has 1 aromatic rings. The van der Waals surface area contributed by atoms with Gasteiger partial charge in [0.15, 0.2) is 11.5 Å². The molecule has 0 heterocycles. The van der Waals surface area contributed by atoms with Gasteiger partial charge >= 0.3 is 0 Å². The Balaban J connectivity index is 3.59. The predicted octanol–water partition coefficient (Wildman–Crippen LogP) is 3.15. The van der Waals surface area contributed by atoms with Crippen molar-refractivity contribution in [3.63, 3.8) is 0 Å². The van der Waals surface area contributed by atoms with Gasteiger partial charge in [-0.05, 0) is 31.9 Å². The van der Waals surface area contributed by atoms with Crippen LogP contribution in [0.5, 0.6) is 11.5 Å². The van der Waals surface area contributed by atoms with Crippen molar-refractivity contribution in [1.82, 2.24) is 0 Å². The van der Waals surface area contributed by atoms with Crippen molar-refractivity contribution in [2.24, 2.45) is 0 Å². The number of hydrogen-bond acceptors (Lipinski definition) is 3. The number of hydrogen-bond donors (Lipinski definition) is 1. The third kappa shape index (κ3) is 2.67. The smallest absolute Gasteiger partial charge is 0.179 e. The number of halogens is 1. The van der Waals surface area contributed by atoms with Gasteiger partial charge in [-0.3, -0.25) is 0 Å². The number of rotatable bonds is 4. The summed E-state index contributed by atoms with van der Waals surface area (Å²) in [5, 5.41) is 10.6. The van der Waals surface area contributed by atoms with Gasteiger partial charge in [0.05, 0.1) is 24.8 Å². The van der Waals surface area contributed by atoms with Crippen molar-refractivity contribution in [1.29, 1.82) is 0 Å². The molecule has 0 amide bonds. The lowest BCUT2D eigenvalue weighted by molar-refractivity contribution is 0.0772. The van der Waals surface area contributed by atoms with E-state index in [1.54, 1.807) is 34.1 Å². The van der Waals surface area contributed by atoms with Crippen LogP contribution < -0.4 is 9.47 Å². The van der Waals surface area contributed by atoms with E-state index in [0.29, 0.717) is 16.5 Å². The van der Waals surface area contributed by atoms with Crippen molar-refractivity contribution in [2.75, 3.05) is 14.2 Å². The summed E-state index contributed by atoms with van der Waals surface area (Å²) in [7, 11) is 3.12. The van der Waals surface area contributed by atoms with E-state index in [-0.39, 0.29) is 0 Å². The average molecular weight is 259 g/mol. The molecule has 0 aromatic heterocycles. The van der Waals surface area contributed by atoms with Crippen LogP contribution in [0.1, 0.15) is 31.9 Å². The number of benzene rings is 1. The molecule has 1 rings (SSSR count). The van der Waals surface area contributed by atoms with Crippen LogP contribution in [0, 0.1) is 0 Å². The molecule has 0 atom stereocenters. The SMILES string of the molecule is CCc1c(C(C)(C)O)cc(Cl)c(OC)c1OC. The lowest BCUT2D eigenvalue weighted by Gasteiger charge is -2.25. The van der Waals surface area contributed by atoms with E-state index in [0.717, 1.165) is 17.5 Å². The highest BCUT2D eigenvalue weighted by atomic mass is 35.5. The second-order valence-corrected chi connectivity index (χ2v) is 4.77. The van der Waals surface area contributed by atoms with Gasteiger partial charge in [-0.15, -0.1) is 0 Å². The van der Waals surface area contributed by atoms with Crippen LogP contribution in [0.2, 0.25) is 5.02 Å². The average Bonchev–Trinajstić information content (AvgIpc) is 2.26. The molecule has 0 saturated carbocycles. The van der Waals surface area contributed by atoms with Crippen molar-refractivity contribution < 1.29 is 14.6 Å². The molecule has 3 nitrogen and oxygen atoms in total. The lowest BCUT2D eigenvalue weighted by atomic mass is 9.91. The Hall–Kier alpha value is -0.930. The molecule has 0 aliphatic rings. The number of methoxy groups -OCH3 is 2. The Kier molecular flexibility index (Phi) is 4.28. The number of aliphatic hydroxyl groups is 1. The summed E-state index contributed by atoms with van der Waals surface area (Å²) >= 11 is 6.13. The zero-order valence-electron chi connectivity index (χ0n) is 10.9. The highest BCUT2D eigenvalue weighted by molar-refractivity contribution is 6.32. The Labute approximate surface area is 107 Å². The van der Waals surface area contributed by atoms with Crippen LogP contribution in [0.25, 0.3) is 0 Å². The van der Waals surface area contributed by atoms with Crippen LogP contribution in [0.3, 0.4) is 0 Å². The van der Waals surface area contributed by atoms with Crippen LogP contribution in [0.4, 0.5) is 0 Å². The minimum atomic E-state index is -0.964. The van der Waals surface area contributed by atoms with Crippen LogP contribution in [-0.2, 0) is 12.0 Å². The van der Waals surface area contributed by atoms with Gasteiger partial charge < -0.3 is 14.6 Å². The summed E-state index contributed by atoms with van der Waals surface area (Å²) in [6, 6.07) is 1.74. The quantitative estimate of drug-likeness (QED) is 0.902. The molecule has 0 saturated heterocycles. The van der Waals surface area contributed by atoms with Crippen LogP contribution in [-0.4, -0.2) is 19.3 Å². The largest absolute Gasteiger partial charge is 0.493 e. The molecule has 0 unspecified atom stereocenters. The van der Waals surface area contributed by atoms with Crippen molar-refractivity contribution in [3.05, 3.63) is 22.2 Å². The summed E-state index contributed by atoms with van der Waals surface area (Å²) in [6.07, 6.45) is 0.732. The third-order valence-electron chi connectivity index (χ3n) is 2.71. The van der Waals surface area contributed by atoms with E-state index in [1.807, 2.05) is 6.92 Å². The first-order valence-electron chi connectivity index (χ1n) is 5.53. The standard InChI is InChI=1S/C13H19ClO3/c1-6-8-9(13(2,3)15)7-10(14)12(17-5)11(8)16-4/h7,15H,6H2,1-5H3. The first-order valence-corrected chi connectivity index (χ1v) is 5.90. The molecule has 0 aliphatic carbocycles. The fourth-order valence-corrected chi connectivity index (χ4v) is 2.22. The van der Waals surface area contributed by atoms with E-state index in [2.05, 4.69) is 0 Å². The second kappa shape index (κ2) is 5.15. The zero-order valence-corrected chi connectivity index (χ0v) is 11.7. The molecule has 0 fully saturated rings. The fraction of sp³-hybridized carbons (Fsp3) is 0.538. The summed E-state index contributed by atoms with van der Waals surface area (Å²) in [5.74, 6) is 1.11.